The molecule has 0 spiro atoms. The van der Waals surface area contributed by atoms with Gasteiger partial charge in [0, 0.05) is 49.4 Å². The standard InChI is InChI=1S/C48H31N3/c1-2-14-32(15-3-1)33-28-35(50-45-23-11-6-18-39(45)40-19-7-12-24-46(40)50)30-36(29-33)51-47-25-13-8-20-41(47)42-31-34(26-27-48(42)51)49-43-21-9-4-16-37(43)38-17-5-10-22-44(38)49/h1-31H/i1D,2D,3D,14D,15D,28D,29D,30D. The second kappa shape index (κ2) is 10.8. The molecule has 0 bridgehead atoms. The van der Waals surface area contributed by atoms with Gasteiger partial charge < -0.3 is 13.7 Å². The van der Waals surface area contributed by atoms with Gasteiger partial charge in [-0.15, -0.1) is 0 Å². The highest BCUT2D eigenvalue weighted by molar-refractivity contribution is 6.13. The van der Waals surface area contributed by atoms with Gasteiger partial charge in [0.1, 0.15) is 0 Å². The lowest BCUT2D eigenvalue weighted by Crippen LogP contribution is -2.00. The zero-order valence-corrected chi connectivity index (χ0v) is 27.1. The fraction of sp³-hybridized carbons (Fsp3) is 0. The third kappa shape index (κ3) is 4.12. The highest BCUT2D eigenvalue weighted by atomic mass is 15.0. The minimum Gasteiger partial charge on any atom is -0.309 e. The van der Waals surface area contributed by atoms with Gasteiger partial charge in [0.25, 0.3) is 0 Å². The van der Waals surface area contributed by atoms with Gasteiger partial charge in [-0.3, -0.25) is 0 Å². The van der Waals surface area contributed by atoms with Crippen molar-refractivity contribution in [3.8, 4) is 28.2 Å². The number of rotatable bonds is 4. The van der Waals surface area contributed by atoms with E-state index in [0.717, 1.165) is 60.1 Å². The van der Waals surface area contributed by atoms with Crippen LogP contribution in [0.2, 0.25) is 0 Å². The zero-order chi connectivity index (χ0) is 40.4. The first kappa shape index (κ1) is 21.3. The van der Waals surface area contributed by atoms with Crippen molar-refractivity contribution in [1.82, 2.24) is 13.7 Å². The molecule has 0 unspecified atom stereocenters. The smallest absolute Gasteiger partial charge is 0.0667 e. The highest BCUT2D eigenvalue weighted by Crippen LogP contribution is 2.39. The second-order valence-electron chi connectivity index (χ2n) is 12.7. The molecule has 0 amide bonds. The molecule has 0 saturated heterocycles. The van der Waals surface area contributed by atoms with Crippen LogP contribution in [-0.2, 0) is 0 Å². The maximum atomic E-state index is 10.1. The third-order valence-electron chi connectivity index (χ3n) is 10.00. The topological polar surface area (TPSA) is 14.8 Å². The minimum absolute atomic E-state index is 0.114. The highest BCUT2D eigenvalue weighted by Gasteiger charge is 2.19. The molecule has 11 aromatic rings. The van der Waals surface area contributed by atoms with Crippen LogP contribution in [0.5, 0.6) is 0 Å². The molecule has 51 heavy (non-hydrogen) atoms. The summed E-state index contributed by atoms with van der Waals surface area (Å²) < 4.78 is 79.5. The molecule has 11 rings (SSSR count). The Morgan fingerprint density at radius 2 is 0.686 bits per heavy atom. The molecule has 3 nitrogen and oxygen atoms in total. The zero-order valence-electron chi connectivity index (χ0n) is 35.1. The summed E-state index contributed by atoms with van der Waals surface area (Å²) in [7, 11) is 0. The van der Waals surface area contributed by atoms with Gasteiger partial charge in [0.2, 0.25) is 0 Å². The van der Waals surface area contributed by atoms with Crippen LogP contribution in [0.25, 0.3) is 93.6 Å². The van der Waals surface area contributed by atoms with E-state index in [2.05, 4.69) is 34.9 Å². The van der Waals surface area contributed by atoms with Crippen molar-refractivity contribution in [2.75, 3.05) is 0 Å². The van der Waals surface area contributed by atoms with E-state index in [4.69, 9.17) is 6.85 Å². The summed E-state index contributed by atoms with van der Waals surface area (Å²) in [5.74, 6) is 0. The molecule has 238 valence electrons. The average Bonchev–Trinajstić information content (AvgIpc) is 3.89. The average molecular weight is 658 g/mol. The van der Waals surface area contributed by atoms with Crippen LogP contribution >= 0.6 is 0 Å². The number of hydrogen-bond donors (Lipinski definition) is 0. The summed E-state index contributed by atoms with van der Waals surface area (Å²) in [6.45, 7) is 0. The molecule has 0 saturated carbocycles. The predicted octanol–water partition coefficient (Wildman–Crippen LogP) is 12.6. The van der Waals surface area contributed by atoms with Crippen molar-refractivity contribution in [2.45, 2.75) is 0 Å². The first-order valence-electron chi connectivity index (χ1n) is 20.9. The van der Waals surface area contributed by atoms with Crippen LogP contribution in [-0.4, -0.2) is 13.7 Å². The Morgan fingerprint density at radius 1 is 0.314 bits per heavy atom. The van der Waals surface area contributed by atoms with Crippen LogP contribution in [0, 0.1) is 0 Å². The molecular weight excluding hydrogens is 619 g/mol. The van der Waals surface area contributed by atoms with Crippen LogP contribution in [0.4, 0.5) is 0 Å². The number of fused-ring (bicyclic) bond motifs is 9. The molecule has 0 N–H and O–H groups in total. The number of para-hydroxylation sites is 5. The van der Waals surface area contributed by atoms with Crippen molar-refractivity contribution < 1.29 is 11.0 Å². The monoisotopic (exact) mass is 657 g/mol. The Balaban J connectivity index is 1.29. The Morgan fingerprint density at radius 3 is 1.14 bits per heavy atom. The Hall–Kier alpha value is -6.84. The molecular formula is C48H31N3. The van der Waals surface area contributed by atoms with E-state index < -0.39 is 30.2 Å². The van der Waals surface area contributed by atoms with E-state index in [-0.39, 0.29) is 40.6 Å². The van der Waals surface area contributed by atoms with Gasteiger partial charge in [0.05, 0.1) is 44.1 Å². The summed E-state index contributed by atoms with van der Waals surface area (Å²) >= 11 is 0. The van der Waals surface area contributed by atoms with Crippen molar-refractivity contribution in [3.63, 3.8) is 0 Å². The molecule has 0 aliphatic carbocycles. The summed E-state index contributed by atoms with van der Waals surface area (Å²) in [4.78, 5) is 0. The van der Waals surface area contributed by atoms with Gasteiger partial charge in [-0.25, -0.2) is 0 Å². The molecule has 0 aliphatic rings. The quantitative estimate of drug-likeness (QED) is 0.179. The van der Waals surface area contributed by atoms with Crippen molar-refractivity contribution in [1.29, 1.82) is 0 Å². The van der Waals surface area contributed by atoms with E-state index >= 15 is 0 Å². The minimum atomic E-state index is -0.566. The van der Waals surface area contributed by atoms with E-state index in [1.54, 1.807) is 0 Å². The first-order valence-corrected chi connectivity index (χ1v) is 16.9. The van der Waals surface area contributed by atoms with Gasteiger partial charge >= 0.3 is 0 Å². The van der Waals surface area contributed by atoms with Crippen LogP contribution < -0.4 is 0 Å². The fourth-order valence-electron chi connectivity index (χ4n) is 7.87. The van der Waals surface area contributed by atoms with Gasteiger partial charge in [0.15, 0.2) is 0 Å². The number of hydrogen-bond acceptors (Lipinski definition) is 0. The van der Waals surface area contributed by atoms with Crippen molar-refractivity contribution >= 4 is 65.4 Å². The molecule has 3 heterocycles. The summed E-state index contributed by atoms with van der Waals surface area (Å²) in [5.41, 5.74) is 5.75. The van der Waals surface area contributed by atoms with E-state index in [9.17, 15) is 4.11 Å². The third-order valence-corrected chi connectivity index (χ3v) is 10.00. The first-order chi connectivity index (χ1) is 28.7. The fourth-order valence-corrected chi connectivity index (χ4v) is 7.87. The van der Waals surface area contributed by atoms with Crippen molar-refractivity contribution in [3.05, 3.63) is 188 Å². The molecule has 3 heteroatoms. The Labute approximate surface area is 305 Å². The maximum Gasteiger partial charge on any atom is 0.0667 e. The molecule has 8 aromatic carbocycles. The number of benzene rings is 8. The van der Waals surface area contributed by atoms with Gasteiger partial charge in [-0.05, 0) is 77.8 Å². The molecule has 0 fully saturated rings. The molecule has 0 atom stereocenters. The van der Waals surface area contributed by atoms with Crippen LogP contribution in [0.3, 0.4) is 0 Å². The summed E-state index contributed by atoms with van der Waals surface area (Å²) in [6, 6.07) is 42.6. The molecule has 3 aromatic heterocycles. The largest absolute Gasteiger partial charge is 0.309 e. The van der Waals surface area contributed by atoms with E-state index in [1.807, 2.05) is 118 Å². The van der Waals surface area contributed by atoms with Crippen LogP contribution in [0.1, 0.15) is 11.0 Å². The van der Waals surface area contributed by atoms with Gasteiger partial charge in [-0.1, -0.05) is 121 Å². The SMILES string of the molecule is [2H]c1c([2H])c([2H])c(-c2c([2H])c(-n3c4ccccc4c4ccccc43)c([2H])c(-n3c4ccccc4c4cc(-n5c6ccccc6c6ccccc65)ccc43)c2[2H])c([2H])c1[2H]. The number of aromatic nitrogens is 3. The maximum absolute atomic E-state index is 10.1. The second-order valence-corrected chi connectivity index (χ2v) is 12.7. The summed E-state index contributed by atoms with van der Waals surface area (Å²) in [6.07, 6.45) is 0. The lowest BCUT2D eigenvalue weighted by Gasteiger charge is -2.16. The predicted molar refractivity (Wildman–Crippen MR) is 215 cm³/mol. The normalized spacial score (nSPS) is 14.1. The summed E-state index contributed by atoms with van der Waals surface area (Å²) in [5, 5.41) is 5.82. The van der Waals surface area contributed by atoms with E-state index in [0.29, 0.717) is 11.0 Å². The Kier molecular flexibility index (Phi) is 4.52. The Bertz CT molecular complexity index is 3480. The molecule has 0 radical (unpaired) electrons. The van der Waals surface area contributed by atoms with E-state index in [1.165, 1.54) is 0 Å². The van der Waals surface area contributed by atoms with Gasteiger partial charge in [-0.2, -0.15) is 0 Å². The number of nitrogens with zero attached hydrogens (tertiary/aromatic N) is 3. The van der Waals surface area contributed by atoms with Crippen molar-refractivity contribution in [2.24, 2.45) is 0 Å². The van der Waals surface area contributed by atoms with Crippen LogP contribution in [0.15, 0.2) is 188 Å². The lowest BCUT2D eigenvalue weighted by atomic mass is 10.0. The molecule has 0 aliphatic heterocycles. The lowest BCUT2D eigenvalue weighted by molar-refractivity contribution is 1.13.